The zero-order chi connectivity index (χ0) is 18.2. The van der Waals surface area contributed by atoms with Gasteiger partial charge in [0.2, 0.25) is 0 Å². The van der Waals surface area contributed by atoms with E-state index in [1.165, 1.54) is 5.56 Å². The third-order valence-corrected chi connectivity index (χ3v) is 4.58. The molecule has 4 nitrogen and oxygen atoms in total. The third kappa shape index (κ3) is 3.20. The summed E-state index contributed by atoms with van der Waals surface area (Å²) in [5.41, 5.74) is 2.60. The lowest BCUT2D eigenvalue weighted by molar-refractivity contribution is 0.0758. The summed E-state index contributed by atoms with van der Waals surface area (Å²) >= 11 is 5.60. The molecule has 1 amide bonds. The Hall–Kier alpha value is -2.53. The van der Waals surface area contributed by atoms with Crippen LogP contribution in [-0.2, 0) is 0 Å². The van der Waals surface area contributed by atoms with Crippen LogP contribution in [0.5, 0.6) is 5.75 Å². The summed E-state index contributed by atoms with van der Waals surface area (Å²) in [5, 5.41) is 0. The molecular formula is C20H20N2O2S. The molecule has 0 aromatic heterocycles. The normalized spacial score (nSPS) is 15.9. The van der Waals surface area contributed by atoms with Crippen LogP contribution < -0.4 is 4.74 Å². The molecule has 1 heterocycles. The van der Waals surface area contributed by atoms with Crippen LogP contribution in [0.2, 0.25) is 0 Å². The largest absolute Gasteiger partial charge is 0.497 e. The maximum absolute atomic E-state index is 13.0. The zero-order valence-corrected chi connectivity index (χ0v) is 15.6. The Kier molecular flexibility index (Phi) is 4.43. The minimum atomic E-state index is -0.728. The molecule has 0 N–H and O–H groups in total. The maximum Gasteiger partial charge on any atom is 0.260 e. The Morgan fingerprint density at radius 1 is 1.08 bits per heavy atom. The molecular weight excluding hydrogens is 332 g/mol. The molecule has 25 heavy (non-hydrogen) atoms. The summed E-state index contributed by atoms with van der Waals surface area (Å²) in [5.74, 6) is 0.542. The van der Waals surface area contributed by atoms with Crippen molar-refractivity contribution in [3.05, 3.63) is 65.2 Å². The van der Waals surface area contributed by atoms with E-state index in [-0.39, 0.29) is 5.91 Å². The molecule has 0 radical (unpaired) electrons. The Labute approximate surface area is 153 Å². The molecule has 0 atom stereocenters. The van der Waals surface area contributed by atoms with E-state index in [9.17, 15) is 4.79 Å². The van der Waals surface area contributed by atoms with E-state index >= 15 is 0 Å². The van der Waals surface area contributed by atoms with Crippen molar-refractivity contribution in [3.8, 4) is 5.75 Å². The van der Waals surface area contributed by atoms with Crippen LogP contribution >= 0.6 is 12.2 Å². The topological polar surface area (TPSA) is 41.9 Å². The van der Waals surface area contributed by atoms with E-state index < -0.39 is 5.66 Å². The minimum absolute atomic E-state index is 0.163. The first-order valence-electron chi connectivity index (χ1n) is 8.03. The van der Waals surface area contributed by atoms with Crippen LogP contribution in [0, 0.1) is 6.92 Å². The minimum Gasteiger partial charge on any atom is -0.497 e. The summed E-state index contributed by atoms with van der Waals surface area (Å²) in [7, 11) is 1.59. The first-order valence-corrected chi connectivity index (χ1v) is 8.44. The van der Waals surface area contributed by atoms with Gasteiger partial charge in [-0.1, -0.05) is 42.0 Å². The number of carbonyl (C=O) groups excluding carboxylic acids is 1. The summed E-state index contributed by atoms with van der Waals surface area (Å²) < 4.78 is 5.15. The number of hydrogen-bond acceptors (Lipinski definition) is 4. The van der Waals surface area contributed by atoms with Crippen LogP contribution in [0.1, 0.15) is 35.3 Å². The number of amides is 1. The number of nitrogens with zero attached hydrogens (tertiary/aromatic N) is 2. The van der Waals surface area contributed by atoms with Gasteiger partial charge in [0.05, 0.1) is 7.11 Å². The molecule has 2 aromatic carbocycles. The van der Waals surface area contributed by atoms with E-state index in [1.54, 1.807) is 36.3 Å². The second-order valence-corrected chi connectivity index (χ2v) is 6.88. The number of benzene rings is 2. The fourth-order valence-corrected chi connectivity index (χ4v) is 3.30. The van der Waals surface area contributed by atoms with Crippen molar-refractivity contribution in [1.82, 2.24) is 4.90 Å². The predicted octanol–water partition coefficient (Wildman–Crippen LogP) is 4.01. The summed E-state index contributed by atoms with van der Waals surface area (Å²) in [6.45, 7) is 5.81. The standard InChI is InChI=1S/C20H20N2O2S/c1-13-5-7-14(8-6-13)17-19(25)22(20(2,3)21-17)18(23)15-9-11-16(24-4)12-10-15/h5-12H,1-4H3. The lowest BCUT2D eigenvalue weighted by atomic mass is 10.1. The highest BCUT2D eigenvalue weighted by molar-refractivity contribution is 7.82. The van der Waals surface area contributed by atoms with Crippen molar-refractivity contribution in [1.29, 1.82) is 0 Å². The molecule has 2 aromatic rings. The average Bonchev–Trinajstić information content (AvgIpc) is 2.84. The van der Waals surface area contributed by atoms with Crippen molar-refractivity contribution < 1.29 is 9.53 Å². The van der Waals surface area contributed by atoms with Gasteiger partial charge in [-0.25, -0.2) is 0 Å². The van der Waals surface area contributed by atoms with E-state index in [1.807, 2.05) is 45.0 Å². The third-order valence-electron chi connectivity index (χ3n) is 4.20. The predicted molar refractivity (Wildman–Crippen MR) is 104 cm³/mol. The van der Waals surface area contributed by atoms with Gasteiger partial charge in [-0.05, 0) is 45.0 Å². The van der Waals surface area contributed by atoms with E-state index in [2.05, 4.69) is 0 Å². The van der Waals surface area contributed by atoms with Crippen LogP contribution in [0.3, 0.4) is 0 Å². The monoisotopic (exact) mass is 352 g/mol. The number of carbonyl (C=O) groups is 1. The molecule has 3 rings (SSSR count). The van der Waals surface area contributed by atoms with Gasteiger partial charge in [-0.2, -0.15) is 0 Å². The SMILES string of the molecule is COc1ccc(C(=O)N2C(=S)C(c3ccc(C)cc3)=NC2(C)C)cc1. The fraction of sp³-hybridized carbons (Fsp3) is 0.250. The van der Waals surface area contributed by atoms with Crippen LogP contribution in [0.25, 0.3) is 0 Å². The molecule has 128 valence electrons. The number of thiocarbonyl (C=S) groups is 1. The fourth-order valence-electron chi connectivity index (χ4n) is 2.83. The number of hydrogen-bond donors (Lipinski definition) is 0. The smallest absolute Gasteiger partial charge is 0.260 e. The number of ether oxygens (including phenoxy) is 1. The Morgan fingerprint density at radius 3 is 2.24 bits per heavy atom. The van der Waals surface area contributed by atoms with Gasteiger partial charge in [-0.15, -0.1) is 0 Å². The van der Waals surface area contributed by atoms with Gasteiger partial charge in [0.1, 0.15) is 22.1 Å². The van der Waals surface area contributed by atoms with Gasteiger partial charge in [-0.3, -0.25) is 14.7 Å². The molecule has 0 bridgehead atoms. The second kappa shape index (κ2) is 6.41. The molecule has 0 saturated carbocycles. The first kappa shape index (κ1) is 17.3. The van der Waals surface area contributed by atoms with Crippen LogP contribution in [0.4, 0.5) is 0 Å². The van der Waals surface area contributed by atoms with Gasteiger partial charge >= 0.3 is 0 Å². The van der Waals surface area contributed by atoms with Gasteiger partial charge in [0.25, 0.3) is 5.91 Å². The van der Waals surface area contributed by atoms with Gasteiger partial charge < -0.3 is 4.74 Å². The molecule has 0 unspecified atom stereocenters. The van der Waals surface area contributed by atoms with Crippen molar-refractivity contribution in [2.45, 2.75) is 26.4 Å². The maximum atomic E-state index is 13.0. The highest BCUT2D eigenvalue weighted by Gasteiger charge is 2.42. The summed E-state index contributed by atoms with van der Waals surface area (Å²) in [4.78, 5) is 19.8. The number of aliphatic imine (C=N–C) groups is 1. The van der Waals surface area contributed by atoms with Crippen molar-refractivity contribution in [3.63, 3.8) is 0 Å². The number of methoxy groups -OCH3 is 1. The quantitative estimate of drug-likeness (QED) is 0.784. The van der Waals surface area contributed by atoms with E-state index in [0.29, 0.717) is 22.0 Å². The second-order valence-electron chi connectivity index (χ2n) is 6.50. The summed E-state index contributed by atoms with van der Waals surface area (Å²) in [6.07, 6.45) is 0. The molecule has 0 saturated heterocycles. The zero-order valence-electron chi connectivity index (χ0n) is 14.7. The Bertz CT molecular complexity index is 852. The van der Waals surface area contributed by atoms with Gasteiger partial charge in [0, 0.05) is 11.1 Å². The molecule has 5 heteroatoms. The molecule has 1 aliphatic heterocycles. The number of rotatable bonds is 3. The van der Waals surface area contributed by atoms with Crippen molar-refractivity contribution in [2.75, 3.05) is 7.11 Å². The van der Waals surface area contributed by atoms with Crippen molar-refractivity contribution in [2.24, 2.45) is 4.99 Å². The number of aryl methyl sites for hydroxylation is 1. The van der Waals surface area contributed by atoms with Gasteiger partial charge in [0.15, 0.2) is 0 Å². The lowest BCUT2D eigenvalue weighted by Crippen LogP contribution is -2.46. The molecule has 0 aliphatic carbocycles. The highest BCUT2D eigenvalue weighted by atomic mass is 32.1. The van der Waals surface area contributed by atoms with Crippen LogP contribution in [-0.4, -0.2) is 34.3 Å². The van der Waals surface area contributed by atoms with Crippen molar-refractivity contribution >= 4 is 28.8 Å². The molecule has 0 spiro atoms. The first-order chi connectivity index (χ1) is 11.8. The van der Waals surface area contributed by atoms with E-state index in [4.69, 9.17) is 21.9 Å². The average molecular weight is 352 g/mol. The summed E-state index contributed by atoms with van der Waals surface area (Å²) in [6, 6.07) is 15.0. The van der Waals surface area contributed by atoms with Crippen LogP contribution in [0.15, 0.2) is 53.5 Å². The Balaban J connectivity index is 1.93. The Morgan fingerprint density at radius 2 is 1.68 bits per heavy atom. The lowest BCUT2D eigenvalue weighted by Gasteiger charge is -2.29. The highest BCUT2D eigenvalue weighted by Crippen LogP contribution is 2.29. The van der Waals surface area contributed by atoms with E-state index in [0.717, 1.165) is 5.56 Å². The molecule has 0 fully saturated rings. The molecule has 1 aliphatic rings.